The molecule has 1 N–H and O–H groups in total. The molecule has 0 radical (unpaired) electrons. The Labute approximate surface area is 100 Å². The summed E-state index contributed by atoms with van der Waals surface area (Å²) in [6, 6.07) is 0. The van der Waals surface area contributed by atoms with Crippen LogP contribution in [0.1, 0.15) is 20.3 Å². The lowest BCUT2D eigenvalue weighted by molar-refractivity contribution is -0.161. The van der Waals surface area contributed by atoms with Crippen LogP contribution in [0.2, 0.25) is 0 Å². The summed E-state index contributed by atoms with van der Waals surface area (Å²) >= 11 is 0. The van der Waals surface area contributed by atoms with Gasteiger partial charge in [0.05, 0.1) is 0 Å². The van der Waals surface area contributed by atoms with E-state index in [1.807, 2.05) is 6.92 Å². The summed E-state index contributed by atoms with van der Waals surface area (Å²) in [7, 11) is 3.14. The first-order valence-corrected chi connectivity index (χ1v) is 5.74. The van der Waals surface area contributed by atoms with Gasteiger partial charge in [0, 0.05) is 27.1 Å². The van der Waals surface area contributed by atoms with Gasteiger partial charge in [0.15, 0.2) is 0 Å². The number of ether oxygens (including phenoxy) is 2. The molecule has 2 aliphatic heterocycles. The first kappa shape index (κ1) is 12.3. The van der Waals surface area contributed by atoms with Crippen LogP contribution in [0.15, 0.2) is 0 Å². The standard InChI is InChI=1S/C11H18N2O4/c1-5-16-7-6-10(2)13(4)9(15)11(7,17-10)8(14)12-3/h7H,5-6H2,1-4H3,(H,12,14)/t7-,10-,11-/m0/s1. The number of hydrogen-bond donors (Lipinski definition) is 1. The topological polar surface area (TPSA) is 67.9 Å². The number of hydrogen-bond acceptors (Lipinski definition) is 4. The van der Waals surface area contributed by atoms with E-state index in [0.717, 1.165) is 0 Å². The van der Waals surface area contributed by atoms with E-state index in [1.54, 1.807) is 14.0 Å². The van der Waals surface area contributed by atoms with Crippen molar-refractivity contribution in [2.75, 3.05) is 20.7 Å². The number of piperidine rings is 1. The second-order valence-electron chi connectivity index (χ2n) is 4.60. The van der Waals surface area contributed by atoms with E-state index in [4.69, 9.17) is 9.47 Å². The molecule has 17 heavy (non-hydrogen) atoms. The van der Waals surface area contributed by atoms with Crippen molar-refractivity contribution in [3.63, 3.8) is 0 Å². The number of carbonyl (C=O) groups excluding carboxylic acids is 2. The van der Waals surface area contributed by atoms with E-state index >= 15 is 0 Å². The molecule has 2 bridgehead atoms. The third-order valence-corrected chi connectivity index (χ3v) is 3.66. The van der Waals surface area contributed by atoms with Gasteiger partial charge in [-0.05, 0) is 13.8 Å². The van der Waals surface area contributed by atoms with E-state index in [9.17, 15) is 9.59 Å². The molecule has 96 valence electrons. The molecule has 0 spiro atoms. The smallest absolute Gasteiger partial charge is 0.269 e. The highest BCUT2D eigenvalue weighted by atomic mass is 16.6. The van der Waals surface area contributed by atoms with Crippen LogP contribution in [-0.2, 0) is 19.1 Å². The predicted molar refractivity (Wildman–Crippen MR) is 59.1 cm³/mol. The monoisotopic (exact) mass is 242 g/mol. The molecule has 0 aromatic rings. The molecule has 2 heterocycles. The molecule has 2 fully saturated rings. The fraction of sp³-hybridized carbons (Fsp3) is 0.818. The van der Waals surface area contributed by atoms with Crippen molar-refractivity contribution in [3.05, 3.63) is 0 Å². The number of fused-ring (bicyclic) bond motifs is 2. The molecular weight excluding hydrogens is 224 g/mol. The van der Waals surface area contributed by atoms with Crippen molar-refractivity contribution in [2.24, 2.45) is 0 Å². The highest BCUT2D eigenvalue weighted by Crippen LogP contribution is 2.49. The third kappa shape index (κ3) is 1.34. The van der Waals surface area contributed by atoms with E-state index in [2.05, 4.69) is 5.32 Å². The average molecular weight is 242 g/mol. The fourth-order valence-electron chi connectivity index (χ4n) is 2.65. The van der Waals surface area contributed by atoms with Crippen LogP contribution in [-0.4, -0.2) is 54.8 Å². The Morgan fingerprint density at radius 3 is 2.82 bits per heavy atom. The highest BCUT2D eigenvalue weighted by Gasteiger charge is 2.72. The molecule has 0 aliphatic carbocycles. The Bertz CT molecular complexity index is 372. The number of likely N-dealkylation sites (N-methyl/N-ethyl adjacent to an activating group) is 2. The van der Waals surface area contributed by atoms with Crippen LogP contribution >= 0.6 is 0 Å². The molecule has 6 nitrogen and oxygen atoms in total. The molecule has 0 unspecified atom stereocenters. The fourth-order valence-corrected chi connectivity index (χ4v) is 2.65. The average Bonchev–Trinajstić information content (AvgIpc) is 2.70. The van der Waals surface area contributed by atoms with Crippen molar-refractivity contribution >= 4 is 11.8 Å². The van der Waals surface area contributed by atoms with Gasteiger partial charge in [-0.2, -0.15) is 0 Å². The maximum absolute atomic E-state index is 12.2. The summed E-state index contributed by atoms with van der Waals surface area (Å²) < 4.78 is 11.2. The minimum Gasteiger partial charge on any atom is -0.374 e. The number of carbonyl (C=O) groups is 2. The zero-order valence-corrected chi connectivity index (χ0v) is 10.6. The van der Waals surface area contributed by atoms with Crippen molar-refractivity contribution in [1.82, 2.24) is 10.2 Å². The van der Waals surface area contributed by atoms with Gasteiger partial charge in [0.1, 0.15) is 11.8 Å². The van der Waals surface area contributed by atoms with Crippen LogP contribution in [0.25, 0.3) is 0 Å². The summed E-state index contributed by atoms with van der Waals surface area (Å²) in [4.78, 5) is 25.7. The normalized spacial score (nSPS) is 39.9. The first-order valence-electron chi connectivity index (χ1n) is 5.74. The minimum absolute atomic E-state index is 0.330. The van der Waals surface area contributed by atoms with Crippen molar-refractivity contribution in [1.29, 1.82) is 0 Å². The van der Waals surface area contributed by atoms with E-state index < -0.39 is 23.3 Å². The van der Waals surface area contributed by atoms with Crippen LogP contribution in [0, 0.1) is 0 Å². The lowest BCUT2D eigenvalue weighted by Gasteiger charge is -2.34. The molecule has 6 heteroatoms. The summed E-state index contributed by atoms with van der Waals surface area (Å²) in [5, 5.41) is 2.49. The van der Waals surface area contributed by atoms with E-state index in [1.165, 1.54) is 11.9 Å². The highest BCUT2D eigenvalue weighted by molar-refractivity contribution is 6.11. The van der Waals surface area contributed by atoms with Gasteiger partial charge in [0.25, 0.3) is 17.4 Å². The summed E-state index contributed by atoms with van der Waals surface area (Å²) in [6.07, 6.45) is -0.00241. The Morgan fingerprint density at radius 1 is 1.71 bits per heavy atom. The number of nitrogens with zero attached hydrogens (tertiary/aromatic N) is 1. The zero-order valence-electron chi connectivity index (χ0n) is 10.6. The Kier molecular flexibility index (Phi) is 2.67. The SMILES string of the molecule is CCO[C@H]1C[C@]2(C)O[C@@]1(C(=O)NC)C(=O)N2C. The third-order valence-electron chi connectivity index (χ3n) is 3.66. The van der Waals surface area contributed by atoms with E-state index in [-0.39, 0.29) is 5.91 Å². The van der Waals surface area contributed by atoms with Crippen molar-refractivity contribution in [3.8, 4) is 0 Å². The van der Waals surface area contributed by atoms with Crippen LogP contribution in [0.3, 0.4) is 0 Å². The molecule has 2 saturated heterocycles. The largest absolute Gasteiger partial charge is 0.374 e. The van der Waals surface area contributed by atoms with Crippen molar-refractivity contribution in [2.45, 2.75) is 37.7 Å². The summed E-state index contributed by atoms with van der Waals surface area (Å²) in [6.45, 7) is 4.08. The summed E-state index contributed by atoms with van der Waals surface area (Å²) in [5.41, 5.74) is -2.25. The number of nitrogens with one attached hydrogen (secondary N) is 1. The van der Waals surface area contributed by atoms with Gasteiger partial charge in [-0.1, -0.05) is 0 Å². The molecule has 2 aliphatic rings. The Morgan fingerprint density at radius 2 is 2.35 bits per heavy atom. The maximum Gasteiger partial charge on any atom is 0.269 e. The van der Waals surface area contributed by atoms with Gasteiger partial charge >= 0.3 is 0 Å². The first-order chi connectivity index (χ1) is 7.92. The predicted octanol–water partition coefficient (Wildman–Crippen LogP) is -0.515. The maximum atomic E-state index is 12.2. The number of likely N-dealkylation sites (tertiary alicyclic amines) is 1. The molecule has 0 aromatic carbocycles. The Balaban J connectivity index is 2.43. The van der Waals surface area contributed by atoms with Crippen LogP contribution in [0.4, 0.5) is 0 Å². The van der Waals surface area contributed by atoms with Gasteiger partial charge in [-0.25, -0.2) is 0 Å². The second kappa shape index (κ2) is 3.68. The van der Waals surface area contributed by atoms with Crippen LogP contribution in [0.5, 0.6) is 0 Å². The molecule has 2 amide bonds. The number of amides is 2. The zero-order chi connectivity index (χ0) is 12.8. The molecule has 0 aromatic heterocycles. The molecular formula is C11H18N2O4. The van der Waals surface area contributed by atoms with Gasteiger partial charge in [-0.3, -0.25) is 9.59 Å². The lowest BCUT2D eigenvalue weighted by atomic mass is 9.88. The quantitative estimate of drug-likeness (QED) is 0.676. The molecule has 2 rings (SSSR count). The van der Waals surface area contributed by atoms with Crippen LogP contribution < -0.4 is 5.32 Å². The van der Waals surface area contributed by atoms with E-state index in [0.29, 0.717) is 13.0 Å². The van der Waals surface area contributed by atoms with Crippen molar-refractivity contribution < 1.29 is 19.1 Å². The molecule has 3 atom stereocenters. The second-order valence-corrected chi connectivity index (χ2v) is 4.60. The minimum atomic E-state index is -1.51. The Hall–Kier alpha value is -1.14. The number of rotatable bonds is 3. The lowest BCUT2D eigenvalue weighted by Crippen LogP contribution is -2.61. The van der Waals surface area contributed by atoms with Gasteiger partial charge in [-0.15, -0.1) is 0 Å². The van der Waals surface area contributed by atoms with Gasteiger partial charge in [0.2, 0.25) is 0 Å². The summed E-state index contributed by atoms with van der Waals surface area (Å²) in [5.74, 6) is -0.766. The van der Waals surface area contributed by atoms with Gasteiger partial charge < -0.3 is 19.7 Å². The molecule has 0 saturated carbocycles.